The predicted molar refractivity (Wildman–Crippen MR) is 122 cm³/mol. The number of halogens is 1. The van der Waals surface area contributed by atoms with Crippen LogP contribution in [0, 0.1) is 12.7 Å². The topological polar surface area (TPSA) is 106 Å². The minimum atomic E-state index is -0.463. The molecular weight excluding hydrogens is 423 g/mol. The Morgan fingerprint density at radius 1 is 0.970 bits per heavy atom. The van der Waals surface area contributed by atoms with Gasteiger partial charge in [0.05, 0.1) is 16.8 Å². The number of para-hydroxylation sites is 1. The minimum absolute atomic E-state index is 0.0932. The Labute approximate surface area is 186 Å². The molecule has 0 aliphatic carbocycles. The van der Waals surface area contributed by atoms with E-state index in [-0.39, 0.29) is 16.9 Å². The first-order valence-corrected chi connectivity index (χ1v) is 10.1. The standard InChI is InChI=1S/C24H17FN6O2/c1-14-21(28-30-31(14)20-9-5-4-8-19(20)25)24(33)26-16-12-10-15(11-13-16)22-17-6-2-3-7-18(17)23(32)29-27-22/h2-13H,1H3,(H,26,33)(H,29,32). The number of aromatic amines is 1. The fraction of sp³-hybridized carbons (Fsp3) is 0.0417. The van der Waals surface area contributed by atoms with Gasteiger partial charge < -0.3 is 5.32 Å². The molecule has 9 heteroatoms. The third kappa shape index (κ3) is 3.65. The van der Waals surface area contributed by atoms with Crippen molar-refractivity contribution in [3.8, 4) is 16.9 Å². The molecule has 8 nitrogen and oxygen atoms in total. The molecule has 33 heavy (non-hydrogen) atoms. The largest absolute Gasteiger partial charge is 0.321 e. The molecule has 0 unspecified atom stereocenters. The third-order valence-corrected chi connectivity index (χ3v) is 5.30. The Kier molecular flexibility index (Phi) is 4.98. The second-order valence-corrected chi connectivity index (χ2v) is 7.37. The maximum atomic E-state index is 14.1. The highest BCUT2D eigenvalue weighted by molar-refractivity contribution is 6.03. The summed E-state index contributed by atoms with van der Waals surface area (Å²) in [5, 5.41) is 18.6. The van der Waals surface area contributed by atoms with Crippen LogP contribution in [0.4, 0.5) is 10.1 Å². The van der Waals surface area contributed by atoms with Crippen LogP contribution < -0.4 is 10.9 Å². The van der Waals surface area contributed by atoms with E-state index in [1.54, 1.807) is 61.5 Å². The summed E-state index contributed by atoms with van der Waals surface area (Å²) in [6.45, 7) is 1.65. The molecule has 3 aromatic carbocycles. The van der Waals surface area contributed by atoms with Gasteiger partial charge in [0, 0.05) is 16.6 Å². The van der Waals surface area contributed by atoms with Gasteiger partial charge in [-0.25, -0.2) is 14.2 Å². The molecule has 0 atom stereocenters. The van der Waals surface area contributed by atoms with Gasteiger partial charge in [0.25, 0.3) is 11.5 Å². The maximum absolute atomic E-state index is 14.1. The second-order valence-electron chi connectivity index (χ2n) is 7.37. The van der Waals surface area contributed by atoms with Gasteiger partial charge in [-0.05, 0) is 37.3 Å². The van der Waals surface area contributed by atoms with Gasteiger partial charge >= 0.3 is 0 Å². The molecule has 0 saturated carbocycles. The number of amides is 1. The van der Waals surface area contributed by atoms with Crippen molar-refractivity contribution in [1.29, 1.82) is 0 Å². The SMILES string of the molecule is Cc1c(C(=O)Nc2ccc(-c3n[nH]c(=O)c4ccccc34)cc2)nnn1-c1ccccc1F. The Morgan fingerprint density at radius 2 is 1.67 bits per heavy atom. The first-order valence-electron chi connectivity index (χ1n) is 10.1. The van der Waals surface area contributed by atoms with E-state index >= 15 is 0 Å². The molecule has 0 saturated heterocycles. The van der Waals surface area contributed by atoms with Crippen LogP contribution in [0.3, 0.4) is 0 Å². The lowest BCUT2D eigenvalue weighted by atomic mass is 10.0. The molecule has 2 heterocycles. The molecule has 162 valence electrons. The highest BCUT2D eigenvalue weighted by Gasteiger charge is 2.19. The van der Waals surface area contributed by atoms with Crippen LogP contribution in [0.5, 0.6) is 0 Å². The molecule has 0 spiro atoms. The molecule has 0 radical (unpaired) electrons. The summed E-state index contributed by atoms with van der Waals surface area (Å²) >= 11 is 0. The van der Waals surface area contributed by atoms with E-state index in [1.807, 2.05) is 12.1 Å². The van der Waals surface area contributed by atoms with Crippen molar-refractivity contribution in [2.24, 2.45) is 0 Å². The fourth-order valence-corrected chi connectivity index (χ4v) is 3.63. The van der Waals surface area contributed by atoms with Crippen molar-refractivity contribution in [2.45, 2.75) is 6.92 Å². The molecule has 2 aromatic heterocycles. The third-order valence-electron chi connectivity index (χ3n) is 5.30. The van der Waals surface area contributed by atoms with Crippen molar-refractivity contribution in [1.82, 2.24) is 25.2 Å². The smallest absolute Gasteiger partial charge is 0.278 e. The maximum Gasteiger partial charge on any atom is 0.278 e. The van der Waals surface area contributed by atoms with Crippen LogP contribution in [-0.2, 0) is 0 Å². The summed E-state index contributed by atoms with van der Waals surface area (Å²) in [6, 6.07) is 20.4. The number of carbonyl (C=O) groups is 1. The Morgan fingerprint density at radius 3 is 2.42 bits per heavy atom. The van der Waals surface area contributed by atoms with Crippen molar-refractivity contribution < 1.29 is 9.18 Å². The molecular formula is C24H17FN6O2. The summed E-state index contributed by atoms with van der Waals surface area (Å²) < 4.78 is 15.4. The van der Waals surface area contributed by atoms with E-state index in [0.717, 1.165) is 10.9 Å². The number of aromatic nitrogens is 5. The second kappa shape index (κ2) is 8.12. The van der Waals surface area contributed by atoms with Crippen LogP contribution in [0.1, 0.15) is 16.2 Å². The number of fused-ring (bicyclic) bond motifs is 1. The van der Waals surface area contributed by atoms with E-state index in [4.69, 9.17) is 0 Å². The number of anilines is 1. The number of rotatable bonds is 4. The Hall–Kier alpha value is -4.66. The van der Waals surface area contributed by atoms with Gasteiger partial charge in [0.2, 0.25) is 0 Å². The molecule has 0 aliphatic rings. The van der Waals surface area contributed by atoms with E-state index in [1.165, 1.54) is 10.7 Å². The number of H-pyrrole nitrogens is 1. The first-order chi connectivity index (χ1) is 16.0. The fourth-order valence-electron chi connectivity index (χ4n) is 3.63. The van der Waals surface area contributed by atoms with Crippen LogP contribution in [0.25, 0.3) is 27.7 Å². The van der Waals surface area contributed by atoms with Gasteiger partial charge in [0.15, 0.2) is 5.69 Å². The average molecular weight is 440 g/mol. The van der Waals surface area contributed by atoms with Crippen LogP contribution in [-0.4, -0.2) is 31.1 Å². The lowest BCUT2D eigenvalue weighted by Gasteiger charge is -2.08. The van der Waals surface area contributed by atoms with E-state index in [9.17, 15) is 14.0 Å². The Bertz CT molecular complexity index is 1560. The van der Waals surface area contributed by atoms with Crippen LogP contribution in [0.2, 0.25) is 0 Å². The average Bonchev–Trinajstić information content (AvgIpc) is 3.22. The molecule has 0 fully saturated rings. The zero-order chi connectivity index (χ0) is 22.9. The summed E-state index contributed by atoms with van der Waals surface area (Å²) in [4.78, 5) is 24.8. The molecule has 5 aromatic rings. The lowest BCUT2D eigenvalue weighted by Crippen LogP contribution is -2.14. The Balaban J connectivity index is 1.40. The van der Waals surface area contributed by atoms with Crippen LogP contribution in [0.15, 0.2) is 77.6 Å². The number of hydrogen-bond acceptors (Lipinski definition) is 5. The summed E-state index contributed by atoms with van der Waals surface area (Å²) in [5.41, 5.74) is 2.42. The summed E-state index contributed by atoms with van der Waals surface area (Å²) in [6.07, 6.45) is 0. The van der Waals surface area contributed by atoms with E-state index < -0.39 is 11.7 Å². The van der Waals surface area contributed by atoms with E-state index in [0.29, 0.717) is 22.5 Å². The number of benzene rings is 3. The van der Waals surface area contributed by atoms with Crippen molar-refractivity contribution in [3.05, 3.63) is 100 Å². The number of hydrogen-bond donors (Lipinski definition) is 2. The quantitative estimate of drug-likeness (QED) is 0.441. The van der Waals surface area contributed by atoms with Crippen molar-refractivity contribution in [2.75, 3.05) is 5.32 Å². The number of nitrogens with zero attached hydrogens (tertiary/aromatic N) is 4. The van der Waals surface area contributed by atoms with Gasteiger partial charge in [0.1, 0.15) is 11.5 Å². The van der Waals surface area contributed by atoms with Gasteiger partial charge in [-0.3, -0.25) is 9.59 Å². The lowest BCUT2D eigenvalue weighted by molar-refractivity contribution is 0.102. The molecule has 0 bridgehead atoms. The molecule has 1 amide bonds. The molecule has 2 N–H and O–H groups in total. The van der Waals surface area contributed by atoms with Crippen molar-refractivity contribution >= 4 is 22.4 Å². The highest BCUT2D eigenvalue weighted by atomic mass is 19.1. The zero-order valence-corrected chi connectivity index (χ0v) is 17.4. The van der Waals surface area contributed by atoms with Gasteiger partial charge in [-0.2, -0.15) is 5.10 Å². The molecule has 0 aliphatic heterocycles. The molecule has 5 rings (SSSR count). The van der Waals surface area contributed by atoms with Crippen molar-refractivity contribution in [3.63, 3.8) is 0 Å². The summed E-state index contributed by atoms with van der Waals surface area (Å²) in [7, 11) is 0. The van der Waals surface area contributed by atoms with Gasteiger partial charge in [-0.15, -0.1) is 5.10 Å². The number of nitrogens with one attached hydrogen (secondary N) is 2. The predicted octanol–water partition coefficient (Wildman–Crippen LogP) is 3.87. The minimum Gasteiger partial charge on any atom is -0.321 e. The monoisotopic (exact) mass is 440 g/mol. The zero-order valence-electron chi connectivity index (χ0n) is 17.4. The number of carbonyl (C=O) groups excluding carboxylic acids is 1. The normalized spacial score (nSPS) is 11.0. The first kappa shape index (κ1) is 20.3. The van der Waals surface area contributed by atoms with E-state index in [2.05, 4.69) is 25.8 Å². The van der Waals surface area contributed by atoms with Gasteiger partial charge in [-0.1, -0.05) is 47.7 Å². The van der Waals surface area contributed by atoms with Crippen LogP contribution >= 0.6 is 0 Å². The summed E-state index contributed by atoms with van der Waals surface area (Å²) in [5.74, 6) is -0.924. The highest BCUT2D eigenvalue weighted by Crippen LogP contribution is 2.25.